The van der Waals surface area contributed by atoms with Crippen LogP contribution < -0.4 is 10.6 Å². The van der Waals surface area contributed by atoms with Gasteiger partial charge in [0.2, 0.25) is 0 Å². The lowest BCUT2D eigenvalue weighted by molar-refractivity contribution is 0.222. The number of aromatic nitrogens is 2. The van der Waals surface area contributed by atoms with E-state index in [1.165, 1.54) is 25.9 Å². The summed E-state index contributed by atoms with van der Waals surface area (Å²) in [5.74, 6) is 1.68. The molecule has 1 saturated heterocycles. The van der Waals surface area contributed by atoms with Crippen LogP contribution >= 0.6 is 0 Å². The number of hydrogen-bond acceptors (Lipinski definition) is 5. The van der Waals surface area contributed by atoms with Crippen LogP contribution in [0.25, 0.3) is 0 Å². The number of nitrogens with two attached hydrogens (primary N) is 1. The first kappa shape index (κ1) is 13.2. The third-order valence-corrected chi connectivity index (χ3v) is 3.73. The molecule has 18 heavy (non-hydrogen) atoms. The van der Waals surface area contributed by atoms with Crippen LogP contribution in [-0.4, -0.2) is 48.8 Å². The fourth-order valence-corrected chi connectivity index (χ4v) is 2.55. The Bertz CT molecular complexity index is 373. The summed E-state index contributed by atoms with van der Waals surface area (Å²) in [4.78, 5) is 4.59. The molecule has 2 heterocycles. The lowest BCUT2D eigenvalue weighted by atomic mass is 9.96. The van der Waals surface area contributed by atoms with E-state index in [0.29, 0.717) is 6.54 Å². The van der Waals surface area contributed by atoms with E-state index in [0.717, 1.165) is 23.8 Å². The maximum atomic E-state index is 5.74. The number of piperidine rings is 1. The average Bonchev–Trinajstić information content (AvgIpc) is 2.41. The highest BCUT2D eigenvalue weighted by Crippen LogP contribution is 2.21. The molecule has 100 valence electrons. The van der Waals surface area contributed by atoms with Crippen LogP contribution in [0.3, 0.4) is 0 Å². The molecule has 0 radical (unpaired) electrons. The molecule has 0 aromatic carbocycles. The normalized spacial score (nSPS) is 17.9. The molecule has 0 spiro atoms. The Labute approximate surface area is 109 Å². The van der Waals surface area contributed by atoms with Gasteiger partial charge in [0.15, 0.2) is 5.82 Å². The second-order valence-corrected chi connectivity index (χ2v) is 5.21. The Morgan fingerprint density at radius 3 is 2.83 bits per heavy atom. The first-order valence-electron chi connectivity index (χ1n) is 6.61. The van der Waals surface area contributed by atoms with Crippen molar-refractivity contribution < 1.29 is 0 Å². The molecule has 2 N–H and O–H groups in total. The lowest BCUT2D eigenvalue weighted by Gasteiger charge is -2.32. The Balaban J connectivity index is 1.96. The lowest BCUT2D eigenvalue weighted by Crippen LogP contribution is -2.36. The minimum Gasteiger partial charge on any atom is -0.358 e. The van der Waals surface area contributed by atoms with E-state index in [4.69, 9.17) is 5.73 Å². The number of likely N-dealkylation sites (tertiary alicyclic amines) is 1. The highest BCUT2D eigenvalue weighted by Gasteiger charge is 2.19. The van der Waals surface area contributed by atoms with E-state index in [9.17, 15) is 0 Å². The Hall–Kier alpha value is -1.20. The van der Waals surface area contributed by atoms with Gasteiger partial charge in [-0.15, -0.1) is 5.10 Å². The van der Waals surface area contributed by atoms with E-state index < -0.39 is 0 Å². The van der Waals surface area contributed by atoms with Crippen LogP contribution in [0.15, 0.2) is 12.3 Å². The van der Waals surface area contributed by atoms with Crippen LogP contribution in [0.1, 0.15) is 18.4 Å². The number of anilines is 1. The molecule has 2 rings (SSSR count). The Morgan fingerprint density at radius 1 is 1.44 bits per heavy atom. The minimum atomic E-state index is 0.516. The van der Waals surface area contributed by atoms with Gasteiger partial charge < -0.3 is 15.5 Å². The molecule has 0 aliphatic carbocycles. The van der Waals surface area contributed by atoms with Gasteiger partial charge in [-0.3, -0.25) is 0 Å². The Morgan fingerprint density at radius 2 is 2.17 bits per heavy atom. The Kier molecular flexibility index (Phi) is 4.49. The molecule has 0 amide bonds. The molecule has 1 aromatic rings. The summed E-state index contributed by atoms with van der Waals surface area (Å²) in [6.07, 6.45) is 4.23. The first-order chi connectivity index (χ1) is 8.70. The third-order valence-electron chi connectivity index (χ3n) is 3.73. The predicted octanol–water partition coefficient (Wildman–Crippen LogP) is 0.713. The molecule has 5 heteroatoms. The topological polar surface area (TPSA) is 58.3 Å². The van der Waals surface area contributed by atoms with Crippen molar-refractivity contribution in [3.05, 3.63) is 17.8 Å². The highest BCUT2D eigenvalue weighted by atomic mass is 15.2. The van der Waals surface area contributed by atoms with Crippen molar-refractivity contribution in [3.8, 4) is 0 Å². The SMILES string of the molecule is CN1CCC(CN(C)c2nnccc2CN)CC1. The van der Waals surface area contributed by atoms with Crippen molar-refractivity contribution in [3.63, 3.8) is 0 Å². The first-order valence-corrected chi connectivity index (χ1v) is 6.61. The van der Waals surface area contributed by atoms with Crippen LogP contribution in [0, 0.1) is 5.92 Å². The van der Waals surface area contributed by atoms with Gasteiger partial charge in [0.1, 0.15) is 0 Å². The van der Waals surface area contributed by atoms with Gasteiger partial charge in [-0.2, -0.15) is 5.10 Å². The largest absolute Gasteiger partial charge is 0.358 e. The standard InChI is InChI=1S/C13H23N5/c1-17-7-4-11(5-8-17)10-18(2)13-12(9-14)3-6-15-16-13/h3,6,11H,4-5,7-10,14H2,1-2H3. The van der Waals surface area contributed by atoms with Gasteiger partial charge in [-0.1, -0.05) is 0 Å². The maximum absolute atomic E-state index is 5.74. The van der Waals surface area contributed by atoms with Crippen molar-refractivity contribution in [1.82, 2.24) is 15.1 Å². The molecular weight excluding hydrogens is 226 g/mol. The molecule has 1 aliphatic heterocycles. The number of rotatable bonds is 4. The smallest absolute Gasteiger partial charge is 0.155 e. The van der Waals surface area contributed by atoms with Crippen molar-refractivity contribution in [2.24, 2.45) is 11.7 Å². The van der Waals surface area contributed by atoms with E-state index in [-0.39, 0.29) is 0 Å². The van der Waals surface area contributed by atoms with Gasteiger partial charge in [0.05, 0.1) is 6.20 Å². The molecule has 1 fully saturated rings. The molecule has 0 atom stereocenters. The summed E-state index contributed by atoms with van der Waals surface area (Å²) in [5, 5.41) is 8.18. The van der Waals surface area contributed by atoms with Gasteiger partial charge in [-0.05, 0) is 45.0 Å². The summed E-state index contributed by atoms with van der Waals surface area (Å²) >= 11 is 0. The molecule has 1 aliphatic rings. The highest BCUT2D eigenvalue weighted by molar-refractivity contribution is 5.44. The quantitative estimate of drug-likeness (QED) is 0.852. The average molecular weight is 249 g/mol. The molecule has 5 nitrogen and oxygen atoms in total. The fourth-order valence-electron chi connectivity index (χ4n) is 2.55. The maximum Gasteiger partial charge on any atom is 0.155 e. The second kappa shape index (κ2) is 6.11. The second-order valence-electron chi connectivity index (χ2n) is 5.21. The van der Waals surface area contributed by atoms with Crippen molar-refractivity contribution in [1.29, 1.82) is 0 Å². The molecule has 1 aromatic heterocycles. The number of nitrogens with zero attached hydrogens (tertiary/aromatic N) is 4. The van der Waals surface area contributed by atoms with Gasteiger partial charge in [-0.25, -0.2) is 0 Å². The molecular formula is C13H23N5. The zero-order valence-electron chi connectivity index (χ0n) is 11.3. The third kappa shape index (κ3) is 3.17. The zero-order valence-corrected chi connectivity index (χ0v) is 11.3. The van der Waals surface area contributed by atoms with E-state index in [2.05, 4.69) is 34.1 Å². The van der Waals surface area contributed by atoms with Gasteiger partial charge in [0.25, 0.3) is 0 Å². The van der Waals surface area contributed by atoms with Crippen molar-refractivity contribution in [2.75, 3.05) is 38.6 Å². The van der Waals surface area contributed by atoms with Gasteiger partial charge in [0, 0.05) is 25.7 Å². The summed E-state index contributed by atoms with van der Waals surface area (Å²) in [5.41, 5.74) is 6.81. The van der Waals surface area contributed by atoms with Crippen LogP contribution in [0.4, 0.5) is 5.82 Å². The van der Waals surface area contributed by atoms with Crippen LogP contribution in [0.5, 0.6) is 0 Å². The molecule has 0 unspecified atom stereocenters. The predicted molar refractivity (Wildman–Crippen MR) is 73.4 cm³/mol. The van der Waals surface area contributed by atoms with Crippen LogP contribution in [0.2, 0.25) is 0 Å². The van der Waals surface area contributed by atoms with E-state index in [1.54, 1.807) is 6.20 Å². The zero-order chi connectivity index (χ0) is 13.0. The monoisotopic (exact) mass is 249 g/mol. The summed E-state index contributed by atoms with van der Waals surface area (Å²) in [7, 11) is 4.27. The summed E-state index contributed by atoms with van der Waals surface area (Å²) in [6.45, 7) is 3.95. The molecule has 0 saturated carbocycles. The van der Waals surface area contributed by atoms with Crippen molar-refractivity contribution in [2.45, 2.75) is 19.4 Å². The van der Waals surface area contributed by atoms with Crippen LogP contribution in [-0.2, 0) is 6.54 Å². The number of hydrogen-bond donors (Lipinski definition) is 1. The van der Waals surface area contributed by atoms with Crippen molar-refractivity contribution >= 4 is 5.82 Å². The van der Waals surface area contributed by atoms with E-state index in [1.807, 2.05) is 6.07 Å². The summed E-state index contributed by atoms with van der Waals surface area (Å²) < 4.78 is 0. The summed E-state index contributed by atoms with van der Waals surface area (Å²) in [6, 6.07) is 1.95. The minimum absolute atomic E-state index is 0.516. The molecule has 0 bridgehead atoms. The fraction of sp³-hybridized carbons (Fsp3) is 0.692. The van der Waals surface area contributed by atoms with Gasteiger partial charge >= 0.3 is 0 Å². The van der Waals surface area contributed by atoms with E-state index >= 15 is 0 Å².